The van der Waals surface area contributed by atoms with Crippen LogP contribution in [0.2, 0.25) is 0 Å². The summed E-state index contributed by atoms with van der Waals surface area (Å²) in [6, 6.07) is 6.45. The SMILES string of the molecule is Cc1ccc(CC(C)Nc2c(N)ccc(F)c2F)s1. The number of halogens is 2. The third kappa shape index (κ3) is 3.23. The Kier molecular flexibility index (Phi) is 4.04. The third-order valence-electron chi connectivity index (χ3n) is 2.82. The molecule has 5 heteroatoms. The fourth-order valence-corrected chi connectivity index (χ4v) is 2.93. The van der Waals surface area contributed by atoms with Gasteiger partial charge in [0.25, 0.3) is 0 Å². The Balaban J connectivity index is 2.11. The van der Waals surface area contributed by atoms with E-state index >= 15 is 0 Å². The van der Waals surface area contributed by atoms with Crippen LogP contribution in [0, 0.1) is 18.6 Å². The summed E-state index contributed by atoms with van der Waals surface area (Å²) in [6.07, 6.45) is 0.744. The summed E-state index contributed by atoms with van der Waals surface area (Å²) < 4.78 is 26.8. The van der Waals surface area contributed by atoms with Gasteiger partial charge in [-0.1, -0.05) is 0 Å². The first-order chi connectivity index (χ1) is 8.97. The molecule has 0 saturated heterocycles. The maximum Gasteiger partial charge on any atom is 0.183 e. The van der Waals surface area contributed by atoms with Crippen molar-refractivity contribution in [2.24, 2.45) is 0 Å². The maximum atomic E-state index is 13.7. The summed E-state index contributed by atoms with van der Waals surface area (Å²) in [5, 5.41) is 2.94. The normalized spacial score (nSPS) is 12.4. The van der Waals surface area contributed by atoms with Gasteiger partial charge in [0.2, 0.25) is 0 Å². The van der Waals surface area contributed by atoms with Crippen molar-refractivity contribution in [1.82, 2.24) is 0 Å². The summed E-state index contributed by atoms with van der Waals surface area (Å²) >= 11 is 1.70. The minimum atomic E-state index is -0.922. The Morgan fingerprint density at radius 3 is 2.63 bits per heavy atom. The van der Waals surface area contributed by atoms with Crippen molar-refractivity contribution in [2.45, 2.75) is 26.3 Å². The standard InChI is InChI=1S/C14H16F2N2S/c1-8(7-10-4-3-9(2)19-10)18-14-12(17)6-5-11(15)13(14)16/h3-6,8,18H,7,17H2,1-2H3. The van der Waals surface area contributed by atoms with Gasteiger partial charge in [0.05, 0.1) is 11.4 Å². The second-order valence-electron chi connectivity index (χ2n) is 4.59. The van der Waals surface area contributed by atoms with Crippen molar-refractivity contribution in [3.05, 3.63) is 45.7 Å². The van der Waals surface area contributed by atoms with Crippen LogP contribution in [0.4, 0.5) is 20.2 Å². The van der Waals surface area contributed by atoms with Gasteiger partial charge in [0.15, 0.2) is 11.6 Å². The van der Waals surface area contributed by atoms with Gasteiger partial charge in [-0.15, -0.1) is 11.3 Å². The number of nitrogens with two attached hydrogens (primary N) is 1. The highest BCUT2D eigenvalue weighted by molar-refractivity contribution is 7.11. The summed E-state index contributed by atoms with van der Waals surface area (Å²) in [4.78, 5) is 2.44. The van der Waals surface area contributed by atoms with Crippen molar-refractivity contribution in [3.8, 4) is 0 Å². The number of rotatable bonds is 4. The van der Waals surface area contributed by atoms with E-state index in [-0.39, 0.29) is 17.4 Å². The van der Waals surface area contributed by atoms with E-state index < -0.39 is 11.6 Å². The molecule has 2 rings (SSSR count). The fraction of sp³-hybridized carbons (Fsp3) is 0.286. The molecule has 0 aliphatic heterocycles. The molecular weight excluding hydrogens is 266 g/mol. The van der Waals surface area contributed by atoms with E-state index in [1.807, 2.05) is 26.0 Å². The van der Waals surface area contributed by atoms with E-state index in [4.69, 9.17) is 5.73 Å². The lowest BCUT2D eigenvalue weighted by molar-refractivity contribution is 0.510. The number of hydrogen-bond donors (Lipinski definition) is 2. The Bertz CT molecular complexity index is 581. The average molecular weight is 282 g/mol. The average Bonchev–Trinajstić information content (AvgIpc) is 2.75. The lowest BCUT2D eigenvalue weighted by Gasteiger charge is -2.17. The summed E-state index contributed by atoms with van der Waals surface area (Å²) in [5.74, 6) is -1.81. The van der Waals surface area contributed by atoms with E-state index in [9.17, 15) is 8.78 Å². The van der Waals surface area contributed by atoms with E-state index in [1.54, 1.807) is 11.3 Å². The second-order valence-corrected chi connectivity index (χ2v) is 5.96. The molecule has 0 spiro atoms. The number of anilines is 2. The highest BCUT2D eigenvalue weighted by Crippen LogP contribution is 2.26. The molecule has 2 aromatic rings. The molecule has 0 aliphatic rings. The quantitative estimate of drug-likeness (QED) is 0.833. The molecule has 2 nitrogen and oxygen atoms in total. The van der Waals surface area contributed by atoms with E-state index in [0.717, 1.165) is 12.5 Å². The topological polar surface area (TPSA) is 38.0 Å². The van der Waals surface area contributed by atoms with Gasteiger partial charge in [-0.3, -0.25) is 0 Å². The first-order valence-electron chi connectivity index (χ1n) is 6.02. The molecule has 1 heterocycles. The largest absolute Gasteiger partial charge is 0.397 e. The minimum absolute atomic E-state index is 0.0309. The van der Waals surface area contributed by atoms with Crippen LogP contribution in [0.3, 0.4) is 0 Å². The van der Waals surface area contributed by atoms with Gasteiger partial charge in [-0.25, -0.2) is 8.78 Å². The van der Waals surface area contributed by atoms with Crippen molar-refractivity contribution < 1.29 is 8.78 Å². The van der Waals surface area contributed by atoms with Crippen LogP contribution in [-0.2, 0) is 6.42 Å². The van der Waals surface area contributed by atoms with Crippen LogP contribution in [0.25, 0.3) is 0 Å². The number of nitrogens with one attached hydrogen (secondary N) is 1. The van der Waals surface area contributed by atoms with E-state index in [0.29, 0.717) is 0 Å². The van der Waals surface area contributed by atoms with Gasteiger partial charge in [0, 0.05) is 22.2 Å². The van der Waals surface area contributed by atoms with Crippen LogP contribution in [0.5, 0.6) is 0 Å². The first kappa shape index (κ1) is 13.8. The van der Waals surface area contributed by atoms with Crippen LogP contribution >= 0.6 is 11.3 Å². The summed E-state index contributed by atoms with van der Waals surface area (Å²) in [7, 11) is 0. The highest BCUT2D eigenvalue weighted by Gasteiger charge is 2.14. The molecule has 0 amide bonds. The molecule has 1 aromatic heterocycles. The molecule has 1 aromatic carbocycles. The molecule has 1 atom stereocenters. The van der Waals surface area contributed by atoms with Crippen LogP contribution < -0.4 is 11.1 Å². The second kappa shape index (κ2) is 5.57. The fourth-order valence-electron chi connectivity index (χ4n) is 1.91. The molecule has 1 unspecified atom stereocenters. The van der Waals surface area contributed by atoms with Crippen molar-refractivity contribution in [1.29, 1.82) is 0 Å². The molecular formula is C14H16F2N2S. The highest BCUT2D eigenvalue weighted by atomic mass is 32.1. The molecule has 0 saturated carbocycles. The summed E-state index contributed by atoms with van der Waals surface area (Å²) in [5.41, 5.74) is 5.93. The first-order valence-corrected chi connectivity index (χ1v) is 6.84. The molecule has 0 fully saturated rings. The third-order valence-corrected chi connectivity index (χ3v) is 3.84. The Labute approximate surface area is 115 Å². The van der Waals surface area contributed by atoms with Gasteiger partial charge < -0.3 is 11.1 Å². The predicted molar refractivity (Wildman–Crippen MR) is 76.6 cm³/mol. The zero-order valence-corrected chi connectivity index (χ0v) is 11.7. The molecule has 3 N–H and O–H groups in total. The number of benzene rings is 1. The van der Waals surface area contributed by atoms with Crippen molar-refractivity contribution in [2.75, 3.05) is 11.1 Å². The molecule has 0 aliphatic carbocycles. The summed E-state index contributed by atoms with van der Waals surface area (Å²) in [6.45, 7) is 3.95. The Hall–Kier alpha value is -1.62. The lowest BCUT2D eigenvalue weighted by atomic mass is 10.1. The molecule has 19 heavy (non-hydrogen) atoms. The molecule has 102 valence electrons. The van der Waals surface area contributed by atoms with Gasteiger partial charge in [-0.2, -0.15) is 0 Å². The van der Waals surface area contributed by atoms with E-state index in [1.165, 1.54) is 15.8 Å². The van der Waals surface area contributed by atoms with E-state index in [2.05, 4.69) is 5.32 Å². The zero-order chi connectivity index (χ0) is 14.0. The zero-order valence-electron chi connectivity index (χ0n) is 10.8. The number of aryl methyl sites for hydroxylation is 1. The van der Waals surface area contributed by atoms with Crippen LogP contribution in [0.1, 0.15) is 16.7 Å². The molecule has 0 bridgehead atoms. The maximum absolute atomic E-state index is 13.7. The predicted octanol–water partition coefficient (Wildman–Crippen LogP) is 3.96. The van der Waals surface area contributed by atoms with Crippen LogP contribution in [0.15, 0.2) is 24.3 Å². The number of nitrogen functional groups attached to an aromatic ring is 1. The Morgan fingerprint density at radius 2 is 2.00 bits per heavy atom. The van der Waals surface area contributed by atoms with Gasteiger partial charge in [0.1, 0.15) is 0 Å². The minimum Gasteiger partial charge on any atom is -0.397 e. The Morgan fingerprint density at radius 1 is 1.26 bits per heavy atom. The smallest absolute Gasteiger partial charge is 0.183 e. The lowest BCUT2D eigenvalue weighted by Crippen LogP contribution is -2.19. The van der Waals surface area contributed by atoms with Crippen LogP contribution in [-0.4, -0.2) is 6.04 Å². The number of hydrogen-bond acceptors (Lipinski definition) is 3. The molecule has 0 radical (unpaired) electrons. The van der Waals surface area contributed by atoms with Crippen molar-refractivity contribution in [3.63, 3.8) is 0 Å². The van der Waals surface area contributed by atoms with Crippen molar-refractivity contribution >= 4 is 22.7 Å². The van der Waals surface area contributed by atoms with Gasteiger partial charge >= 0.3 is 0 Å². The van der Waals surface area contributed by atoms with Gasteiger partial charge in [-0.05, 0) is 38.1 Å². The number of thiophene rings is 1. The monoisotopic (exact) mass is 282 g/mol.